The number of hydrogen-bond donors (Lipinski definition) is 5. The molecular weight excluding hydrogens is 386 g/mol. The van der Waals surface area contributed by atoms with Crippen molar-refractivity contribution in [2.75, 3.05) is 6.61 Å². The van der Waals surface area contributed by atoms with Crippen LogP contribution in [0.5, 0.6) is 0 Å². The van der Waals surface area contributed by atoms with E-state index < -0.39 is 36.8 Å². The molecular formula is C20H20ClNO6. The topological polar surface area (TPSA) is 134 Å². The second-order valence-corrected chi connectivity index (χ2v) is 7.18. The Morgan fingerprint density at radius 1 is 1.07 bits per heavy atom. The van der Waals surface area contributed by atoms with Gasteiger partial charge in [0.15, 0.2) is 0 Å². The van der Waals surface area contributed by atoms with Gasteiger partial charge in [0.05, 0.1) is 18.2 Å². The highest BCUT2D eigenvalue weighted by Gasteiger charge is 2.53. The van der Waals surface area contributed by atoms with Crippen LogP contribution in [0, 0.1) is 11.3 Å². The third-order valence-corrected chi connectivity index (χ3v) is 5.17. The lowest BCUT2D eigenvalue weighted by Gasteiger charge is -2.45. The van der Waals surface area contributed by atoms with Crippen molar-refractivity contribution in [3.8, 4) is 6.07 Å². The molecule has 3 rings (SSSR count). The van der Waals surface area contributed by atoms with Crippen LogP contribution in [-0.2, 0) is 16.9 Å². The number of halogens is 1. The fourth-order valence-corrected chi connectivity index (χ4v) is 3.41. The molecule has 0 amide bonds. The van der Waals surface area contributed by atoms with Gasteiger partial charge in [0, 0.05) is 10.6 Å². The van der Waals surface area contributed by atoms with Crippen molar-refractivity contribution in [2.45, 2.75) is 36.6 Å². The van der Waals surface area contributed by atoms with Crippen molar-refractivity contribution >= 4 is 11.6 Å². The summed E-state index contributed by atoms with van der Waals surface area (Å²) in [5.41, 5.74) is 1.89. The zero-order valence-electron chi connectivity index (χ0n) is 14.7. The molecule has 5 atom stereocenters. The molecule has 148 valence electrons. The first kappa shape index (κ1) is 20.7. The minimum absolute atomic E-state index is 0.0902. The number of nitrogens with zero attached hydrogens (tertiary/aromatic N) is 1. The molecule has 28 heavy (non-hydrogen) atoms. The minimum Gasteiger partial charge on any atom is -0.394 e. The predicted octanol–water partition coefficient (Wildman–Crippen LogP) is 0.421. The molecule has 2 aromatic rings. The van der Waals surface area contributed by atoms with Gasteiger partial charge in [-0.05, 0) is 41.8 Å². The molecule has 1 aliphatic rings. The van der Waals surface area contributed by atoms with E-state index in [2.05, 4.69) is 6.07 Å². The second-order valence-electron chi connectivity index (χ2n) is 6.75. The molecule has 5 N–H and O–H groups in total. The van der Waals surface area contributed by atoms with Crippen LogP contribution in [0.1, 0.15) is 22.3 Å². The summed E-state index contributed by atoms with van der Waals surface area (Å²) in [6.45, 7) is -0.666. The predicted molar refractivity (Wildman–Crippen MR) is 99.3 cm³/mol. The van der Waals surface area contributed by atoms with Crippen molar-refractivity contribution in [1.29, 1.82) is 5.26 Å². The molecule has 7 nitrogen and oxygen atoms in total. The lowest BCUT2D eigenvalue weighted by Crippen LogP contribution is -2.63. The monoisotopic (exact) mass is 405 g/mol. The summed E-state index contributed by atoms with van der Waals surface area (Å²) in [5, 5.41) is 60.5. The fraction of sp³-hybridized carbons (Fsp3) is 0.350. The van der Waals surface area contributed by atoms with Crippen molar-refractivity contribution in [3.63, 3.8) is 0 Å². The van der Waals surface area contributed by atoms with Crippen LogP contribution in [0.15, 0.2) is 42.5 Å². The van der Waals surface area contributed by atoms with E-state index in [1.54, 1.807) is 24.3 Å². The van der Waals surface area contributed by atoms with Crippen LogP contribution in [0.2, 0.25) is 5.02 Å². The Balaban J connectivity index is 2.00. The van der Waals surface area contributed by atoms with E-state index in [-0.39, 0.29) is 5.56 Å². The van der Waals surface area contributed by atoms with Crippen LogP contribution in [0.3, 0.4) is 0 Å². The van der Waals surface area contributed by atoms with Crippen molar-refractivity contribution in [3.05, 3.63) is 69.7 Å². The third kappa shape index (κ3) is 3.77. The first-order valence-electron chi connectivity index (χ1n) is 8.63. The van der Waals surface area contributed by atoms with Gasteiger partial charge in [-0.3, -0.25) is 0 Å². The van der Waals surface area contributed by atoms with E-state index in [1.807, 2.05) is 0 Å². The number of ether oxygens (including phenoxy) is 1. The number of benzene rings is 2. The van der Waals surface area contributed by atoms with Gasteiger partial charge in [-0.15, -0.1) is 0 Å². The summed E-state index contributed by atoms with van der Waals surface area (Å²) >= 11 is 5.89. The first-order chi connectivity index (χ1) is 13.3. The summed E-state index contributed by atoms with van der Waals surface area (Å²) < 4.78 is 5.34. The lowest BCUT2D eigenvalue weighted by molar-refractivity contribution is -0.357. The van der Waals surface area contributed by atoms with E-state index in [1.165, 1.54) is 18.2 Å². The SMILES string of the molecule is N#Cc1ccc([C@@]2(O)O[C@H](CO)[C@@H](O)[C@H](O)[C@H]2O)cc1Cc1ccc(Cl)cc1. The molecule has 1 aliphatic heterocycles. The Labute approximate surface area is 166 Å². The smallest absolute Gasteiger partial charge is 0.222 e. The maximum absolute atomic E-state index is 10.9. The van der Waals surface area contributed by atoms with Gasteiger partial charge in [-0.25, -0.2) is 0 Å². The molecule has 0 unspecified atom stereocenters. The molecule has 2 aromatic carbocycles. The van der Waals surface area contributed by atoms with Crippen LogP contribution in [0.4, 0.5) is 0 Å². The quantitative estimate of drug-likeness (QED) is 0.497. The normalized spacial score (nSPS) is 30.0. The maximum atomic E-state index is 10.9. The van der Waals surface area contributed by atoms with Gasteiger partial charge < -0.3 is 30.3 Å². The third-order valence-electron chi connectivity index (χ3n) is 4.91. The molecule has 8 heteroatoms. The second kappa shape index (κ2) is 8.15. The van der Waals surface area contributed by atoms with Crippen LogP contribution < -0.4 is 0 Å². The zero-order valence-corrected chi connectivity index (χ0v) is 15.5. The molecule has 0 spiro atoms. The number of aliphatic hydroxyl groups is 5. The first-order valence-corrected chi connectivity index (χ1v) is 9.01. The summed E-state index contributed by atoms with van der Waals surface area (Å²) in [7, 11) is 0. The molecule has 0 saturated carbocycles. The highest BCUT2D eigenvalue weighted by molar-refractivity contribution is 6.30. The molecule has 1 saturated heterocycles. The zero-order chi connectivity index (χ0) is 20.5. The number of hydrogen-bond acceptors (Lipinski definition) is 7. The molecule has 1 heterocycles. The molecule has 1 fully saturated rings. The van der Waals surface area contributed by atoms with Crippen LogP contribution in [-0.4, -0.2) is 56.6 Å². The average Bonchev–Trinajstić information content (AvgIpc) is 2.71. The molecule has 0 aromatic heterocycles. The highest BCUT2D eigenvalue weighted by Crippen LogP contribution is 2.37. The Morgan fingerprint density at radius 3 is 2.36 bits per heavy atom. The van der Waals surface area contributed by atoms with Gasteiger partial charge in [0.1, 0.15) is 24.4 Å². The Hall–Kier alpha value is -2.02. The standard InChI is InChI=1S/C20H20ClNO6/c21-15-5-1-11(2-6-15)7-13-8-14(4-3-12(13)9-22)20(27)19(26)18(25)17(24)16(10-23)28-20/h1-6,8,16-19,23-27H,7,10H2/t16-,17-,18+,19-,20-/m1/s1. The van der Waals surface area contributed by atoms with Crippen molar-refractivity contribution < 1.29 is 30.3 Å². The maximum Gasteiger partial charge on any atom is 0.222 e. The average molecular weight is 406 g/mol. The van der Waals surface area contributed by atoms with E-state index in [9.17, 15) is 30.8 Å². The molecule has 0 bridgehead atoms. The Kier molecular flexibility index (Phi) is 6.03. The van der Waals surface area contributed by atoms with Crippen LogP contribution >= 0.6 is 11.6 Å². The Morgan fingerprint density at radius 2 is 1.75 bits per heavy atom. The van der Waals surface area contributed by atoms with Crippen molar-refractivity contribution in [1.82, 2.24) is 0 Å². The van der Waals surface area contributed by atoms with E-state index in [0.717, 1.165) is 5.56 Å². The van der Waals surface area contributed by atoms with Gasteiger partial charge >= 0.3 is 0 Å². The fourth-order valence-electron chi connectivity index (χ4n) is 3.29. The highest BCUT2D eigenvalue weighted by atomic mass is 35.5. The number of aliphatic hydroxyl groups excluding tert-OH is 4. The Bertz CT molecular complexity index is 881. The van der Waals surface area contributed by atoms with E-state index in [4.69, 9.17) is 16.3 Å². The lowest BCUT2D eigenvalue weighted by atomic mass is 9.86. The van der Waals surface area contributed by atoms with E-state index >= 15 is 0 Å². The summed E-state index contributed by atoms with van der Waals surface area (Å²) in [5.74, 6) is -2.37. The van der Waals surface area contributed by atoms with Gasteiger partial charge in [-0.2, -0.15) is 5.26 Å². The minimum atomic E-state index is -2.37. The summed E-state index contributed by atoms with van der Waals surface area (Å²) in [4.78, 5) is 0. The van der Waals surface area contributed by atoms with E-state index in [0.29, 0.717) is 22.6 Å². The van der Waals surface area contributed by atoms with Gasteiger partial charge in [0.25, 0.3) is 0 Å². The largest absolute Gasteiger partial charge is 0.394 e. The van der Waals surface area contributed by atoms with Gasteiger partial charge in [0.2, 0.25) is 5.79 Å². The van der Waals surface area contributed by atoms with Crippen LogP contribution in [0.25, 0.3) is 0 Å². The van der Waals surface area contributed by atoms with Gasteiger partial charge in [-0.1, -0.05) is 29.8 Å². The number of rotatable bonds is 4. The summed E-state index contributed by atoms with van der Waals surface area (Å²) in [6, 6.07) is 13.5. The van der Waals surface area contributed by atoms with Crippen molar-refractivity contribution in [2.24, 2.45) is 0 Å². The molecule has 0 aliphatic carbocycles. The molecule has 0 radical (unpaired) electrons. The number of nitriles is 1. The summed E-state index contributed by atoms with van der Waals surface area (Å²) in [6.07, 6.45) is -6.09.